The monoisotopic (exact) mass is 279 g/mol. The van der Waals surface area contributed by atoms with Gasteiger partial charge in [0.1, 0.15) is 0 Å². The van der Waals surface area contributed by atoms with Crippen molar-refractivity contribution in [3.63, 3.8) is 0 Å². The summed E-state index contributed by atoms with van der Waals surface area (Å²) in [5.74, 6) is -1.06. The second-order valence-corrected chi connectivity index (χ2v) is 4.80. The van der Waals surface area contributed by atoms with Crippen LogP contribution in [0.1, 0.15) is 10.4 Å². The number of rotatable bonds is 5. The van der Waals surface area contributed by atoms with Crippen molar-refractivity contribution in [3.8, 4) is 0 Å². The lowest BCUT2D eigenvalue weighted by atomic mass is 10.3. The molecular formula is C11H12F3NO2S. The Bertz CT molecular complexity index is 440. The van der Waals surface area contributed by atoms with Gasteiger partial charge in [-0.15, -0.1) is 11.3 Å². The Hall–Kier alpha value is -1.34. The molecule has 0 radical (unpaired) electrons. The number of carboxylic acid groups (broad SMARTS) is 1. The maximum absolute atomic E-state index is 12.1. The number of hydrogen-bond acceptors (Lipinski definition) is 3. The van der Waals surface area contributed by atoms with Gasteiger partial charge in [-0.2, -0.15) is 13.2 Å². The maximum Gasteiger partial charge on any atom is 0.401 e. The van der Waals surface area contributed by atoms with E-state index in [-0.39, 0.29) is 6.54 Å². The highest BCUT2D eigenvalue weighted by Gasteiger charge is 2.29. The van der Waals surface area contributed by atoms with E-state index >= 15 is 0 Å². The van der Waals surface area contributed by atoms with Crippen LogP contribution in [0.2, 0.25) is 0 Å². The van der Waals surface area contributed by atoms with Gasteiger partial charge in [0.15, 0.2) is 0 Å². The van der Waals surface area contributed by atoms with Gasteiger partial charge in [-0.3, -0.25) is 4.90 Å². The molecule has 1 rings (SSSR count). The Balaban J connectivity index is 2.56. The van der Waals surface area contributed by atoms with Gasteiger partial charge in [0.2, 0.25) is 0 Å². The second-order valence-electron chi connectivity index (χ2n) is 3.81. The Morgan fingerprint density at radius 3 is 2.78 bits per heavy atom. The number of aliphatic carboxylic acids is 1. The Kier molecular flexibility index (Phi) is 4.92. The van der Waals surface area contributed by atoms with E-state index in [2.05, 4.69) is 0 Å². The average molecular weight is 279 g/mol. The van der Waals surface area contributed by atoms with Gasteiger partial charge in [0, 0.05) is 17.5 Å². The van der Waals surface area contributed by atoms with Gasteiger partial charge in [0.05, 0.1) is 6.54 Å². The third-order valence-corrected chi connectivity index (χ3v) is 2.91. The van der Waals surface area contributed by atoms with E-state index < -0.39 is 18.7 Å². The lowest BCUT2D eigenvalue weighted by Crippen LogP contribution is -2.30. The van der Waals surface area contributed by atoms with Crippen LogP contribution >= 0.6 is 11.3 Å². The van der Waals surface area contributed by atoms with Gasteiger partial charge in [-0.05, 0) is 30.1 Å². The zero-order chi connectivity index (χ0) is 13.8. The van der Waals surface area contributed by atoms with Crippen LogP contribution in [0.25, 0.3) is 6.08 Å². The number of alkyl halides is 3. The number of thiophene rings is 1. The minimum atomic E-state index is -4.21. The Labute approximate surface area is 106 Å². The van der Waals surface area contributed by atoms with Crippen molar-refractivity contribution in [1.82, 2.24) is 4.90 Å². The fourth-order valence-corrected chi connectivity index (χ4v) is 2.30. The summed E-state index contributed by atoms with van der Waals surface area (Å²) in [5.41, 5.74) is 0.679. The smallest absolute Gasteiger partial charge is 0.401 e. The first-order chi connectivity index (χ1) is 8.26. The molecule has 0 unspecified atom stereocenters. The quantitative estimate of drug-likeness (QED) is 0.843. The van der Waals surface area contributed by atoms with E-state index in [9.17, 15) is 18.0 Å². The van der Waals surface area contributed by atoms with Gasteiger partial charge < -0.3 is 5.11 Å². The predicted molar refractivity (Wildman–Crippen MR) is 63.4 cm³/mol. The number of hydrogen-bond donors (Lipinski definition) is 1. The fourth-order valence-electron chi connectivity index (χ4n) is 1.36. The summed E-state index contributed by atoms with van der Waals surface area (Å²) < 4.78 is 36.3. The van der Waals surface area contributed by atoms with Crippen molar-refractivity contribution < 1.29 is 23.1 Å². The summed E-state index contributed by atoms with van der Waals surface area (Å²) in [7, 11) is 1.39. The van der Waals surface area contributed by atoms with E-state index in [4.69, 9.17) is 5.11 Å². The molecule has 7 heteroatoms. The molecule has 18 heavy (non-hydrogen) atoms. The Morgan fingerprint density at radius 2 is 2.22 bits per heavy atom. The zero-order valence-electron chi connectivity index (χ0n) is 9.57. The summed E-state index contributed by atoms with van der Waals surface area (Å²) in [4.78, 5) is 12.2. The normalized spacial score (nSPS) is 12.5. The lowest BCUT2D eigenvalue weighted by molar-refractivity contribution is -0.144. The molecule has 3 nitrogen and oxygen atoms in total. The minimum Gasteiger partial charge on any atom is -0.478 e. The van der Waals surface area contributed by atoms with Gasteiger partial charge in [-0.1, -0.05) is 0 Å². The SMILES string of the molecule is CN(Cc1cc(C=CC(=O)O)cs1)CC(F)(F)F. The van der Waals surface area contributed by atoms with Crippen LogP contribution in [0.15, 0.2) is 17.5 Å². The third-order valence-electron chi connectivity index (χ3n) is 1.97. The van der Waals surface area contributed by atoms with Crippen LogP contribution < -0.4 is 0 Å². The molecule has 1 aromatic rings. The topological polar surface area (TPSA) is 40.5 Å². The molecule has 0 aliphatic carbocycles. The highest BCUT2D eigenvalue weighted by atomic mass is 32.1. The van der Waals surface area contributed by atoms with Crippen molar-refractivity contribution in [3.05, 3.63) is 28.0 Å². The lowest BCUT2D eigenvalue weighted by Gasteiger charge is -2.17. The predicted octanol–water partition coefficient (Wildman–Crippen LogP) is 2.84. The highest BCUT2D eigenvalue weighted by molar-refractivity contribution is 7.10. The summed E-state index contributed by atoms with van der Waals surface area (Å²) in [6.45, 7) is -0.781. The molecule has 0 saturated heterocycles. The molecule has 100 valence electrons. The van der Waals surface area contributed by atoms with Gasteiger partial charge in [-0.25, -0.2) is 4.79 Å². The summed E-state index contributed by atoms with van der Waals surface area (Å²) in [6, 6.07) is 1.68. The molecule has 0 saturated carbocycles. The van der Waals surface area contributed by atoms with Crippen LogP contribution in [0.3, 0.4) is 0 Å². The fraction of sp³-hybridized carbons (Fsp3) is 0.364. The molecule has 1 aromatic heterocycles. The summed E-state index contributed by atoms with van der Waals surface area (Å²) in [6.07, 6.45) is -1.81. The van der Waals surface area contributed by atoms with Crippen LogP contribution in [0.5, 0.6) is 0 Å². The molecule has 0 atom stereocenters. The first-order valence-electron chi connectivity index (χ1n) is 5.00. The van der Waals surface area contributed by atoms with Crippen LogP contribution in [0, 0.1) is 0 Å². The van der Waals surface area contributed by atoms with Gasteiger partial charge in [0.25, 0.3) is 0 Å². The second kappa shape index (κ2) is 6.01. The standard InChI is InChI=1S/C11H12F3NO2S/c1-15(7-11(12,13)14)5-9-4-8(6-18-9)2-3-10(16)17/h2-4,6H,5,7H2,1H3,(H,16,17). The molecule has 1 heterocycles. The Morgan fingerprint density at radius 1 is 1.56 bits per heavy atom. The molecule has 1 N–H and O–H groups in total. The van der Waals surface area contributed by atoms with Crippen molar-refractivity contribution in [2.24, 2.45) is 0 Å². The van der Waals surface area contributed by atoms with Crippen molar-refractivity contribution in [2.45, 2.75) is 12.7 Å². The van der Waals surface area contributed by atoms with Crippen molar-refractivity contribution >= 4 is 23.4 Å². The van der Waals surface area contributed by atoms with Gasteiger partial charge >= 0.3 is 12.1 Å². The summed E-state index contributed by atoms with van der Waals surface area (Å²) in [5, 5.41) is 10.1. The average Bonchev–Trinajstić information content (AvgIpc) is 2.59. The molecule has 0 aliphatic rings. The number of carboxylic acids is 1. The summed E-state index contributed by atoms with van der Waals surface area (Å²) >= 11 is 1.30. The van der Waals surface area contributed by atoms with E-state index in [0.29, 0.717) is 5.56 Å². The molecule has 0 aliphatic heterocycles. The minimum absolute atomic E-state index is 0.186. The van der Waals surface area contributed by atoms with Crippen molar-refractivity contribution in [2.75, 3.05) is 13.6 Å². The molecule has 0 aromatic carbocycles. The largest absolute Gasteiger partial charge is 0.478 e. The molecule has 0 amide bonds. The first kappa shape index (κ1) is 14.7. The number of nitrogens with zero attached hydrogens (tertiary/aromatic N) is 1. The number of halogens is 3. The van der Waals surface area contributed by atoms with E-state index in [1.54, 1.807) is 11.4 Å². The third kappa shape index (κ3) is 5.83. The van der Waals surface area contributed by atoms with E-state index in [1.807, 2.05) is 0 Å². The van der Waals surface area contributed by atoms with E-state index in [0.717, 1.165) is 15.9 Å². The molecule has 0 spiro atoms. The van der Waals surface area contributed by atoms with E-state index in [1.165, 1.54) is 24.5 Å². The molecule has 0 fully saturated rings. The van der Waals surface area contributed by atoms with Crippen molar-refractivity contribution in [1.29, 1.82) is 0 Å². The number of carbonyl (C=O) groups is 1. The molecule has 0 bridgehead atoms. The van der Waals surface area contributed by atoms with Crippen LogP contribution in [0.4, 0.5) is 13.2 Å². The van der Waals surface area contributed by atoms with Crippen LogP contribution in [-0.4, -0.2) is 35.7 Å². The molecular weight excluding hydrogens is 267 g/mol. The maximum atomic E-state index is 12.1. The first-order valence-corrected chi connectivity index (χ1v) is 5.88. The zero-order valence-corrected chi connectivity index (χ0v) is 10.4. The highest BCUT2D eigenvalue weighted by Crippen LogP contribution is 2.20. The van der Waals surface area contributed by atoms with Crippen LogP contribution in [-0.2, 0) is 11.3 Å².